The molecule has 1 aromatic carbocycles. The normalized spacial score (nSPS) is 11.0. The van der Waals surface area contributed by atoms with E-state index in [4.69, 9.17) is 0 Å². The maximum atomic E-state index is 4.55. The van der Waals surface area contributed by atoms with Gasteiger partial charge in [-0.25, -0.2) is 14.5 Å². The molecule has 0 amide bonds. The zero-order valence-corrected chi connectivity index (χ0v) is 11.0. The molecular formula is C15H16N4. The Kier molecular flexibility index (Phi) is 3.23. The monoisotopic (exact) mass is 252 g/mol. The first-order valence-corrected chi connectivity index (χ1v) is 6.63. The van der Waals surface area contributed by atoms with Crippen LogP contribution in [0, 0.1) is 0 Å². The molecule has 96 valence electrons. The predicted octanol–water partition coefficient (Wildman–Crippen LogP) is 3.13. The second-order valence-corrected chi connectivity index (χ2v) is 4.57. The third-order valence-corrected chi connectivity index (χ3v) is 3.10. The lowest BCUT2D eigenvalue weighted by Gasteiger charge is -1.97. The second-order valence-electron chi connectivity index (χ2n) is 4.57. The number of aryl methyl sites for hydroxylation is 1. The van der Waals surface area contributed by atoms with Crippen LogP contribution < -0.4 is 0 Å². The largest absolute Gasteiger partial charge is 0.221 e. The van der Waals surface area contributed by atoms with E-state index in [0.717, 1.165) is 42.0 Å². The summed E-state index contributed by atoms with van der Waals surface area (Å²) in [5.41, 5.74) is 2.89. The number of hydrogen-bond acceptors (Lipinski definition) is 3. The zero-order chi connectivity index (χ0) is 13.1. The summed E-state index contributed by atoms with van der Waals surface area (Å²) in [7, 11) is 0. The van der Waals surface area contributed by atoms with Gasteiger partial charge in [-0.05, 0) is 6.42 Å². The maximum absolute atomic E-state index is 4.55. The quantitative estimate of drug-likeness (QED) is 0.716. The van der Waals surface area contributed by atoms with E-state index in [0.29, 0.717) is 0 Å². The van der Waals surface area contributed by atoms with Crippen molar-refractivity contribution >= 4 is 5.65 Å². The Hall–Kier alpha value is -2.23. The van der Waals surface area contributed by atoms with Gasteiger partial charge in [0.25, 0.3) is 0 Å². The topological polar surface area (TPSA) is 43.1 Å². The summed E-state index contributed by atoms with van der Waals surface area (Å²) in [6.45, 7) is 2.17. The summed E-state index contributed by atoms with van der Waals surface area (Å²) in [6.07, 6.45) is 4.96. The average molecular weight is 252 g/mol. The number of benzene rings is 1. The lowest BCUT2D eigenvalue weighted by Crippen LogP contribution is -1.99. The van der Waals surface area contributed by atoms with E-state index in [-0.39, 0.29) is 0 Å². The van der Waals surface area contributed by atoms with Gasteiger partial charge in [0.1, 0.15) is 12.2 Å². The molecule has 2 aromatic heterocycles. The summed E-state index contributed by atoms with van der Waals surface area (Å²) in [4.78, 5) is 8.89. The van der Waals surface area contributed by atoms with E-state index < -0.39 is 0 Å². The summed E-state index contributed by atoms with van der Waals surface area (Å²) < 4.78 is 1.73. The lowest BCUT2D eigenvalue weighted by molar-refractivity contribution is 0.739. The van der Waals surface area contributed by atoms with E-state index in [2.05, 4.69) is 22.0 Å². The Bertz CT molecular complexity index is 673. The van der Waals surface area contributed by atoms with Crippen LogP contribution in [0.1, 0.15) is 25.6 Å². The van der Waals surface area contributed by atoms with Crippen molar-refractivity contribution in [3.63, 3.8) is 0 Å². The molecular weight excluding hydrogens is 236 g/mol. The minimum atomic E-state index is 0.861. The van der Waals surface area contributed by atoms with E-state index in [1.807, 2.05) is 36.4 Å². The number of fused-ring (bicyclic) bond motifs is 1. The highest BCUT2D eigenvalue weighted by Crippen LogP contribution is 2.18. The van der Waals surface area contributed by atoms with Gasteiger partial charge in [0, 0.05) is 18.1 Å². The van der Waals surface area contributed by atoms with E-state index in [9.17, 15) is 0 Å². The molecule has 4 nitrogen and oxygen atoms in total. The number of hydrogen-bond donors (Lipinski definition) is 0. The highest BCUT2D eigenvalue weighted by atomic mass is 15.3. The maximum Gasteiger partial charge on any atom is 0.159 e. The van der Waals surface area contributed by atoms with Crippen LogP contribution in [0.4, 0.5) is 0 Å². The van der Waals surface area contributed by atoms with Gasteiger partial charge in [-0.3, -0.25) is 0 Å². The van der Waals surface area contributed by atoms with Gasteiger partial charge in [0.15, 0.2) is 5.65 Å². The third-order valence-electron chi connectivity index (χ3n) is 3.10. The lowest BCUT2D eigenvalue weighted by atomic mass is 10.2. The minimum absolute atomic E-state index is 0.861. The van der Waals surface area contributed by atoms with Crippen LogP contribution in [-0.4, -0.2) is 19.6 Å². The molecule has 2 heterocycles. The molecule has 0 aliphatic rings. The molecule has 19 heavy (non-hydrogen) atoms. The summed E-state index contributed by atoms with van der Waals surface area (Å²) >= 11 is 0. The Balaban J connectivity index is 1.97. The molecule has 4 heteroatoms. The van der Waals surface area contributed by atoms with Crippen LogP contribution in [0.15, 0.2) is 42.7 Å². The molecule has 0 bridgehead atoms. The third kappa shape index (κ3) is 2.47. The molecule has 0 spiro atoms. The standard InChI is InChI=1S/C15H16N4/c1-2-3-9-14-16-11-19-15(17-14)10-13(18-19)12-7-5-4-6-8-12/h4-8,10-11H,2-3,9H2,1H3. The average Bonchev–Trinajstić information content (AvgIpc) is 2.89. The Labute approximate surface area is 112 Å². The molecule has 0 atom stereocenters. The molecule has 0 unspecified atom stereocenters. The van der Waals surface area contributed by atoms with Crippen LogP contribution in [-0.2, 0) is 6.42 Å². The Morgan fingerprint density at radius 3 is 2.79 bits per heavy atom. The highest BCUT2D eigenvalue weighted by Gasteiger charge is 2.06. The van der Waals surface area contributed by atoms with Crippen molar-refractivity contribution < 1.29 is 0 Å². The molecule has 0 fully saturated rings. The Morgan fingerprint density at radius 1 is 1.16 bits per heavy atom. The smallest absolute Gasteiger partial charge is 0.159 e. The summed E-state index contributed by atoms with van der Waals surface area (Å²) in [5, 5.41) is 4.50. The number of unbranched alkanes of at least 4 members (excludes halogenated alkanes) is 1. The van der Waals surface area contributed by atoms with Crippen molar-refractivity contribution in [1.29, 1.82) is 0 Å². The van der Waals surface area contributed by atoms with Crippen LogP contribution in [0.25, 0.3) is 16.9 Å². The fraction of sp³-hybridized carbons (Fsp3) is 0.267. The van der Waals surface area contributed by atoms with E-state index >= 15 is 0 Å². The number of rotatable bonds is 4. The molecule has 3 aromatic rings. The summed E-state index contributed by atoms with van der Waals surface area (Å²) in [5.74, 6) is 0.897. The van der Waals surface area contributed by atoms with Gasteiger partial charge in [-0.2, -0.15) is 5.10 Å². The van der Waals surface area contributed by atoms with Gasteiger partial charge in [0.05, 0.1) is 5.69 Å². The van der Waals surface area contributed by atoms with Crippen molar-refractivity contribution in [2.24, 2.45) is 0 Å². The van der Waals surface area contributed by atoms with Crippen molar-refractivity contribution in [3.8, 4) is 11.3 Å². The van der Waals surface area contributed by atoms with Gasteiger partial charge >= 0.3 is 0 Å². The van der Waals surface area contributed by atoms with Gasteiger partial charge in [-0.1, -0.05) is 43.7 Å². The first kappa shape index (κ1) is 11.8. The molecule has 0 saturated heterocycles. The Morgan fingerprint density at radius 2 is 2.00 bits per heavy atom. The van der Waals surface area contributed by atoms with E-state index in [1.54, 1.807) is 10.8 Å². The number of aromatic nitrogens is 4. The van der Waals surface area contributed by atoms with Crippen LogP contribution >= 0.6 is 0 Å². The SMILES string of the molecule is CCCCc1ncn2nc(-c3ccccc3)cc2n1. The highest BCUT2D eigenvalue weighted by molar-refractivity contribution is 5.63. The van der Waals surface area contributed by atoms with Crippen molar-refractivity contribution in [2.75, 3.05) is 0 Å². The number of nitrogens with zero attached hydrogens (tertiary/aromatic N) is 4. The molecule has 0 N–H and O–H groups in total. The molecule has 0 aliphatic heterocycles. The van der Waals surface area contributed by atoms with Crippen molar-refractivity contribution in [2.45, 2.75) is 26.2 Å². The van der Waals surface area contributed by atoms with Crippen molar-refractivity contribution in [3.05, 3.63) is 48.5 Å². The molecule has 0 aliphatic carbocycles. The predicted molar refractivity (Wildman–Crippen MR) is 74.8 cm³/mol. The van der Waals surface area contributed by atoms with Crippen LogP contribution in [0.3, 0.4) is 0 Å². The fourth-order valence-corrected chi connectivity index (χ4v) is 2.04. The summed E-state index contributed by atoms with van der Waals surface area (Å²) in [6, 6.07) is 12.1. The second kappa shape index (κ2) is 5.18. The first-order chi connectivity index (χ1) is 9.36. The molecule has 0 radical (unpaired) electrons. The zero-order valence-electron chi connectivity index (χ0n) is 11.0. The van der Waals surface area contributed by atoms with Crippen LogP contribution in [0.2, 0.25) is 0 Å². The van der Waals surface area contributed by atoms with Gasteiger partial charge < -0.3 is 0 Å². The van der Waals surface area contributed by atoms with E-state index in [1.165, 1.54) is 0 Å². The van der Waals surface area contributed by atoms with Gasteiger partial charge in [0.2, 0.25) is 0 Å². The molecule has 0 saturated carbocycles. The van der Waals surface area contributed by atoms with Gasteiger partial charge in [-0.15, -0.1) is 0 Å². The van der Waals surface area contributed by atoms with Crippen LogP contribution in [0.5, 0.6) is 0 Å². The fourth-order valence-electron chi connectivity index (χ4n) is 2.04. The van der Waals surface area contributed by atoms with Crippen molar-refractivity contribution in [1.82, 2.24) is 19.6 Å². The minimum Gasteiger partial charge on any atom is -0.221 e. The first-order valence-electron chi connectivity index (χ1n) is 6.63. The molecule has 3 rings (SSSR count).